The van der Waals surface area contributed by atoms with E-state index in [-0.39, 0.29) is 29.8 Å². The van der Waals surface area contributed by atoms with Crippen molar-refractivity contribution in [3.63, 3.8) is 0 Å². The molecule has 0 aromatic carbocycles. The number of aliphatic hydroxyl groups excluding tert-OH is 1. The van der Waals surface area contributed by atoms with Crippen LogP contribution in [-0.2, 0) is 4.79 Å². The SMILES string of the molecule is C[C@H]1CCC2[NH+](CC3C4CC5C(CC(=O)C6C[C@@H](O)CCC65C)C4CC[C@H]3C2(C)O)C1.[Cl-]. The second kappa shape index (κ2) is 7.93. The maximum atomic E-state index is 13.3. The summed E-state index contributed by atoms with van der Waals surface area (Å²) in [6, 6.07) is 0.425. The molecule has 10 unspecified atom stereocenters. The lowest BCUT2D eigenvalue weighted by Crippen LogP contribution is -3.21. The van der Waals surface area contributed by atoms with Crippen molar-refractivity contribution < 1.29 is 32.3 Å². The van der Waals surface area contributed by atoms with Crippen LogP contribution in [0.2, 0.25) is 0 Å². The number of halogens is 1. The lowest BCUT2D eigenvalue weighted by Gasteiger charge is -2.57. The second-order valence-corrected chi connectivity index (χ2v) is 13.4. The number of nitrogens with one attached hydrogen (secondary N) is 1. The standard InChI is InChI=1S/C27H43NO3.ClH/c1-15-4-7-25-27(3,31)21-6-5-17-18(20(21)14-28(25)13-15)11-22-19(17)12-24(30)23-10-16(29)8-9-26(22,23)2;/h15-23,25,29,31H,4-14H2,1-3H3;1H/t15-,16-,17?,18?,19?,20?,21+,22?,23?,25?,26?,27?;/m0./s1. The van der Waals surface area contributed by atoms with Crippen LogP contribution in [0.1, 0.15) is 78.6 Å². The molecule has 6 aliphatic rings. The van der Waals surface area contributed by atoms with Crippen LogP contribution >= 0.6 is 0 Å². The molecule has 6 rings (SSSR count). The minimum absolute atomic E-state index is 0. The van der Waals surface area contributed by atoms with E-state index in [1.54, 1.807) is 4.90 Å². The van der Waals surface area contributed by atoms with Crippen molar-refractivity contribution in [3.8, 4) is 0 Å². The molecule has 0 bridgehead atoms. The zero-order chi connectivity index (χ0) is 21.7. The summed E-state index contributed by atoms with van der Waals surface area (Å²) in [4.78, 5) is 14.9. The molecule has 13 atom stereocenters. The van der Waals surface area contributed by atoms with E-state index in [0.717, 1.165) is 31.6 Å². The first-order valence-corrected chi connectivity index (χ1v) is 13.5. The predicted octanol–water partition coefficient (Wildman–Crippen LogP) is -0.527. The van der Waals surface area contributed by atoms with E-state index in [1.165, 1.54) is 38.8 Å². The van der Waals surface area contributed by atoms with Gasteiger partial charge in [-0.3, -0.25) is 4.79 Å². The number of quaternary nitrogens is 1. The van der Waals surface area contributed by atoms with Crippen molar-refractivity contribution in [2.75, 3.05) is 13.1 Å². The average Bonchev–Trinajstić information content (AvgIpc) is 3.09. The van der Waals surface area contributed by atoms with E-state index in [2.05, 4.69) is 20.8 Å². The lowest BCUT2D eigenvalue weighted by molar-refractivity contribution is -0.953. The summed E-state index contributed by atoms with van der Waals surface area (Å²) in [6.45, 7) is 9.45. The first kappa shape index (κ1) is 23.6. The van der Waals surface area contributed by atoms with Gasteiger partial charge in [0.2, 0.25) is 0 Å². The van der Waals surface area contributed by atoms with Crippen molar-refractivity contribution in [1.82, 2.24) is 0 Å². The van der Waals surface area contributed by atoms with Crippen molar-refractivity contribution >= 4 is 5.78 Å². The van der Waals surface area contributed by atoms with Gasteiger partial charge in [0.25, 0.3) is 0 Å². The number of carbonyl (C=O) groups is 1. The topological polar surface area (TPSA) is 62.0 Å². The van der Waals surface area contributed by atoms with Gasteiger partial charge < -0.3 is 27.5 Å². The fraction of sp³-hybridized carbons (Fsp3) is 0.963. The van der Waals surface area contributed by atoms with Crippen LogP contribution in [0.4, 0.5) is 0 Å². The van der Waals surface area contributed by atoms with Crippen LogP contribution in [0.25, 0.3) is 0 Å². The van der Waals surface area contributed by atoms with E-state index >= 15 is 0 Å². The molecule has 0 amide bonds. The van der Waals surface area contributed by atoms with Crippen molar-refractivity contribution in [2.45, 2.75) is 96.3 Å². The number of aliphatic hydroxyl groups is 2. The van der Waals surface area contributed by atoms with E-state index < -0.39 is 5.60 Å². The van der Waals surface area contributed by atoms with Crippen LogP contribution in [0.3, 0.4) is 0 Å². The van der Waals surface area contributed by atoms with Crippen molar-refractivity contribution in [1.29, 1.82) is 0 Å². The molecule has 182 valence electrons. The Bertz CT molecular complexity index is 757. The molecule has 0 aromatic rings. The summed E-state index contributed by atoms with van der Waals surface area (Å²) < 4.78 is 0. The molecule has 0 aromatic heterocycles. The highest BCUT2D eigenvalue weighted by molar-refractivity contribution is 5.83. The minimum Gasteiger partial charge on any atom is -1.00 e. The molecule has 0 radical (unpaired) electrons. The van der Waals surface area contributed by atoms with E-state index in [1.807, 2.05) is 0 Å². The monoisotopic (exact) mass is 465 g/mol. The van der Waals surface area contributed by atoms with Crippen LogP contribution in [0.5, 0.6) is 0 Å². The number of rotatable bonds is 0. The van der Waals surface area contributed by atoms with Crippen LogP contribution in [0.15, 0.2) is 0 Å². The van der Waals surface area contributed by atoms with Gasteiger partial charge in [-0.1, -0.05) is 13.8 Å². The molecule has 4 aliphatic carbocycles. The minimum atomic E-state index is -0.533. The Morgan fingerprint density at radius 3 is 2.47 bits per heavy atom. The van der Waals surface area contributed by atoms with Gasteiger partial charge in [0.1, 0.15) is 17.4 Å². The molecule has 5 heteroatoms. The third-order valence-electron chi connectivity index (χ3n) is 12.0. The summed E-state index contributed by atoms with van der Waals surface area (Å²) in [5.41, 5.74) is -0.438. The molecule has 4 saturated carbocycles. The molecular weight excluding hydrogens is 422 g/mol. The predicted molar refractivity (Wildman–Crippen MR) is 119 cm³/mol. The molecule has 2 saturated heterocycles. The van der Waals surface area contributed by atoms with Gasteiger partial charge in [-0.25, -0.2) is 0 Å². The molecule has 2 heterocycles. The number of hydrogen-bond acceptors (Lipinski definition) is 3. The van der Waals surface area contributed by atoms with Gasteiger partial charge in [0.15, 0.2) is 0 Å². The molecule has 0 spiro atoms. The van der Waals surface area contributed by atoms with Gasteiger partial charge in [-0.2, -0.15) is 0 Å². The largest absolute Gasteiger partial charge is 1.00 e. The fourth-order valence-corrected chi connectivity index (χ4v) is 10.6. The Hall–Kier alpha value is -0.160. The first-order chi connectivity index (χ1) is 14.7. The Morgan fingerprint density at radius 1 is 0.906 bits per heavy atom. The zero-order valence-electron chi connectivity index (χ0n) is 20.2. The zero-order valence-corrected chi connectivity index (χ0v) is 21.0. The molecule has 2 aliphatic heterocycles. The summed E-state index contributed by atoms with van der Waals surface area (Å²) >= 11 is 0. The van der Waals surface area contributed by atoms with Gasteiger partial charge in [-0.05, 0) is 81.0 Å². The van der Waals surface area contributed by atoms with Crippen molar-refractivity contribution in [3.05, 3.63) is 0 Å². The second-order valence-electron chi connectivity index (χ2n) is 13.4. The molecule has 6 fully saturated rings. The summed E-state index contributed by atoms with van der Waals surface area (Å²) in [5.74, 6) is 4.98. The highest BCUT2D eigenvalue weighted by atomic mass is 35.5. The Labute approximate surface area is 200 Å². The Balaban J connectivity index is 0.00000216. The van der Waals surface area contributed by atoms with E-state index in [9.17, 15) is 15.0 Å². The van der Waals surface area contributed by atoms with E-state index in [0.29, 0.717) is 53.8 Å². The van der Waals surface area contributed by atoms with Crippen LogP contribution in [-0.4, -0.2) is 46.8 Å². The summed E-state index contributed by atoms with van der Waals surface area (Å²) in [7, 11) is 0. The number of Topliss-reactive ketones (excluding diaryl/α,β-unsaturated/α-hetero) is 1. The quantitative estimate of drug-likeness (QED) is 0.451. The fourth-order valence-electron chi connectivity index (χ4n) is 10.6. The third kappa shape index (κ3) is 3.22. The molecule has 4 nitrogen and oxygen atoms in total. The number of piperidine rings is 2. The van der Waals surface area contributed by atoms with Crippen LogP contribution in [0, 0.1) is 52.8 Å². The summed E-state index contributed by atoms with van der Waals surface area (Å²) in [6.07, 6.45) is 9.19. The van der Waals surface area contributed by atoms with Gasteiger partial charge in [-0.15, -0.1) is 0 Å². The van der Waals surface area contributed by atoms with Crippen LogP contribution < -0.4 is 17.3 Å². The molecular formula is C27H44ClNO3. The van der Waals surface area contributed by atoms with E-state index in [4.69, 9.17) is 0 Å². The summed E-state index contributed by atoms with van der Waals surface area (Å²) in [5, 5.41) is 22.1. The highest BCUT2D eigenvalue weighted by Gasteiger charge is 2.65. The lowest BCUT2D eigenvalue weighted by atomic mass is 9.51. The maximum Gasteiger partial charge on any atom is 0.136 e. The van der Waals surface area contributed by atoms with Gasteiger partial charge in [0.05, 0.1) is 19.2 Å². The highest BCUT2D eigenvalue weighted by Crippen LogP contribution is 2.66. The van der Waals surface area contributed by atoms with Crippen molar-refractivity contribution in [2.24, 2.45) is 52.8 Å². The number of carbonyl (C=O) groups excluding carboxylic acids is 1. The molecule has 3 N–H and O–H groups in total. The molecule has 32 heavy (non-hydrogen) atoms. The maximum absolute atomic E-state index is 13.3. The number of hydrogen-bond donors (Lipinski definition) is 3. The number of ketones is 1. The Morgan fingerprint density at radius 2 is 1.69 bits per heavy atom. The normalized spacial score (nSPS) is 59.0. The average molecular weight is 466 g/mol. The third-order valence-corrected chi connectivity index (χ3v) is 12.0. The number of fused-ring (bicyclic) bond motifs is 8. The Kier molecular flexibility index (Phi) is 5.84. The van der Waals surface area contributed by atoms with Gasteiger partial charge >= 0.3 is 0 Å². The smallest absolute Gasteiger partial charge is 0.136 e. The first-order valence-electron chi connectivity index (χ1n) is 13.5. The van der Waals surface area contributed by atoms with Gasteiger partial charge in [0, 0.05) is 36.5 Å².